The zero-order chi connectivity index (χ0) is 80.3. The minimum absolute atomic E-state index is 0.235. The third-order valence-electron chi connectivity index (χ3n) is 23.5. The lowest BCUT2D eigenvalue weighted by atomic mass is 9.96. The standard InChI is InChI=1S/C92H173NO18/c1-3-5-7-9-11-13-15-17-19-21-23-25-27-29-31-33-35-37-39-41-43-45-47-49-51-53-55-57-59-61-63-65-67-69-76(97)75(74-106-90-86(104)83(101)88(78(72-95)108-90)111-92-87(105)84(102)89(79(73-96)109-92)110-91-85(103)82(100)81(99)77(71-94)107-91)93-80(98)70-68-66-64-62-60-58-56-54-52-50-48-46-44-42-40-38-36-34-32-30-28-26-24-22-20-18-16-14-12-10-8-6-4-2/h16,18,22,24,28,30,75-79,81-92,94-97,99-105H,3-15,17,19-21,23,25-27,29,31-74H2,1-2H3,(H,93,98)/b18-16-,24-22-,30-28-. The smallest absolute Gasteiger partial charge is 0.220 e. The summed E-state index contributed by atoms with van der Waals surface area (Å²) in [6, 6.07) is -0.889. The Bertz CT molecular complexity index is 2140. The molecule has 3 saturated heterocycles. The minimum atomic E-state index is -1.97. The van der Waals surface area contributed by atoms with Crippen molar-refractivity contribution in [2.75, 3.05) is 26.4 Å². The van der Waals surface area contributed by atoms with Crippen molar-refractivity contribution in [3.8, 4) is 0 Å². The molecule has 17 unspecified atom stereocenters. The van der Waals surface area contributed by atoms with Gasteiger partial charge in [0.15, 0.2) is 18.9 Å². The van der Waals surface area contributed by atoms with Crippen LogP contribution in [0.5, 0.6) is 0 Å². The van der Waals surface area contributed by atoms with E-state index >= 15 is 0 Å². The number of allylic oxidation sites excluding steroid dienone is 6. The summed E-state index contributed by atoms with van der Waals surface area (Å²) in [5.41, 5.74) is 0. The third kappa shape index (κ3) is 50.5. The third-order valence-corrected chi connectivity index (χ3v) is 23.5. The van der Waals surface area contributed by atoms with Crippen LogP contribution in [0.25, 0.3) is 0 Å². The zero-order valence-electron chi connectivity index (χ0n) is 70.7. The first-order chi connectivity index (χ1) is 54.3. The van der Waals surface area contributed by atoms with E-state index in [1.54, 1.807) is 0 Å². The van der Waals surface area contributed by atoms with Gasteiger partial charge < -0.3 is 89.9 Å². The van der Waals surface area contributed by atoms with Gasteiger partial charge in [0, 0.05) is 6.42 Å². The number of hydrogen-bond acceptors (Lipinski definition) is 18. The number of carbonyl (C=O) groups is 1. The predicted octanol–water partition coefficient (Wildman–Crippen LogP) is 18.2. The van der Waals surface area contributed by atoms with Gasteiger partial charge in [-0.2, -0.15) is 0 Å². The highest BCUT2D eigenvalue weighted by molar-refractivity contribution is 5.76. The van der Waals surface area contributed by atoms with E-state index in [1.165, 1.54) is 321 Å². The average Bonchev–Trinajstić information content (AvgIpc) is 0.780. The molecule has 17 atom stereocenters. The van der Waals surface area contributed by atoms with Gasteiger partial charge in [-0.05, 0) is 51.4 Å². The number of amides is 1. The van der Waals surface area contributed by atoms with E-state index in [0.717, 1.165) is 57.8 Å². The molecule has 111 heavy (non-hydrogen) atoms. The molecule has 0 aromatic heterocycles. The van der Waals surface area contributed by atoms with Crippen molar-refractivity contribution in [3.05, 3.63) is 36.5 Å². The fourth-order valence-corrected chi connectivity index (χ4v) is 16.0. The SMILES string of the molecule is CCCCCCC/C=C\C/C=C\C/C=C\CCCCCCCCCCCCCCCCCCCCC(=O)NC(COC1OC(CO)C(OC2OC(CO)C(OC3OC(CO)C(O)C(O)C3O)C(O)C2O)C(O)C1O)C(O)CCCCCCCCCCCCCCCCCCCCCCCCCCCCCCCCCCC. The van der Waals surface area contributed by atoms with Crippen LogP contribution in [0.1, 0.15) is 412 Å². The molecule has 12 N–H and O–H groups in total. The summed E-state index contributed by atoms with van der Waals surface area (Å²) in [5.74, 6) is -0.235. The number of ether oxygens (including phenoxy) is 6. The Kier molecular flexibility index (Phi) is 67.0. The monoisotopic (exact) mass is 1580 g/mol. The van der Waals surface area contributed by atoms with Crippen LogP contribution in [0.3, 0.4) is 0 Å². The molecule has 0 aromatic carbocycles. The van der Waals surface area contributed by atoms with Crippen molar-refractivity contribution >= 4 is 5.91 Å². The second kappa shape index (κ2) is 72.1. The van der Waals surface area contributed by atoms with Crippen LogP contribution in [0.4, 0.5) is 0 Å². The number of unbranched alkanes of at least 4 members (excludes halogenated alkanes) is 55. The molecule has 0 spiro atoms. The topological polar surface area (TPSA) is 307 Å². The molecular weight excluding hydrogens is 1410 g/mol. The van der Waals surface area contributed by atoms with Gasteiger partial charge in [0.2, 0.25) is 5.91 Å². The van der Waals surface area contributed by atoms with Gasteiger partial charge in [0.1, 0.15) is 73.2 Å². The molecule has 0 saturated carbocycles. The highest BCUT2D eigenvalue weighted by Gasteiger charge is 2.54. The molecule has 19 heteroatoms. The number of aliphatic hydroxyl groups is 11. The molecule has 3 rings (SSSR count). The van der Waals surface area contributed by atoms with Crippen molar-refractivity contribution in [2.24, 2.45) is 0 Å². The van der Waals surface area contributed by atoms with Crippen LogP contribution in [0, 0.1) is 0 Å². The molecule has 3 aliphatic rings. The maximum Gasteiger partial charge on any atom is 0.220 e. The van der Waals surface area contributed by atoms with Gasteiger partial charge in [-0.25, -0.2) is 0 Å². The Morgan fingerprint density at radius 2 is 0.595 bits per heavy atom. The van der Waals surface area contributed by atoms with Gasteiger partial charge in [0.25, 0.3) is 0 Å². The Balaban J connectivity index is 1.31. The molecule has 3 aliphatic heterocycles. The fourth-order valence-electron chi connectivity index (χ4n) is 16.0. The van der Waals surface area contributed by atoms with Gasteiger partial charge in [-0.15, -0.1) is 0 Å². The van der Waals surface area contributed by atoms with Crippen LogP contribution in [-0.4, -0.2) is 193 Å². The largest absolute Gasteiger partial charge is 0.394 e. The maximum atomic E-state index is 13.6. The van der Waals surface area contributed by atoms with Crippen molar-refractivity contribution in [3.63, 3.8) is 0 Å². The molecule has 0 bridgehead atoms. The zero-order valence-corrected chi connectivity index (χ0v) is 70.7. The van der Waals surface area contributed by atoms with Crippen LogP contribution in [0.2, 0.25) is 0 Å². The van der Waals surface area contributed by atoms with Crippen molar-refractivity contribution in [1.82, 2.24) is 5.32 Å². The summed E-state index contributed by atoms with van der Waals surface area (Å²) in [4.78, 5) is 13.6. The summed E-state index contributed by atoms with van der Waals surface area (Å²) in [6.07, 6.45) is 65.5. The second-order valence-electron chi connectivity index (χ2n) is 33.5. The Morgan fingerprint density at radius 3 is 0.928 bits per heavy atom. The van der Waals surface area contributed by atoms with E-state index in [2.05, 4.69) is 55.6 Å². The summed E-state index contributed by atoms with van der Waals surface area (Å²) in [5, 5.41) is 121. The number of rotatable bonds is 77. The Labute approximate surface area is 676 Å². The van der Waals surface area contributed by atoms with Crippen molar-refractivity contribution in [1.29, 1.82) is 0 Å². The average molecular weight is 1580 g/mol. The van der Waals surface area contributed by atoms with Crippen LogP contribution < -0.4 is 5.32 Å². The summed E-state index contributed by atoms with van der Waals surface area (Å²) in [7, 11) is 0. The number of aliphatic hydroxyl groups excluding tert-OH is 11. The van der Waals surface area contributed by atoms with E-state index in [9.17, 15) is 61.0 Å². The first kappa shape index (κ1) is 103. The number of nitrogens with one attached hydrogen (secondary N) is 1. The quantitative estimate of drug-likeness (QED) is 0.0199. The molecule has 19 nitrogen and oxygen atoms in total. The molecule has 0 aromatic rings. The Morgan fingerprint density at radius 1 is 0.324 bits per heavy atom. The molecule has 0 aliphatic carbocycles. The summed E-state index contributed by atoms with van der Waals surface area (Å²) in [6.45, 7) is 1.86. The van der Waals surface area contributed by atoms with Gasteiger partial charge in [0.05, 0.1) is 38.6 Å². The van der Waals surface area contributed by atoms with E-state index in [-0.39, 0.29) is 18.9 Å². The molecular formula is C92H173NO18. The lowest BCUT2D eigenvalue weighted by Gasteiger charge is -2.48. The fraction of sp³-hybridized carbons (Fsp3) is 0.924. The number of carbonyl (C=O) groups excluding carboxylic acids is 1. The predicted molar refractivity (Wildman–Crippen MR) is 448 cm³/mol. The molecule has 3 fully saturated rings. The summed E-state index contributed by atoms with van der Waals surface area (Å²) < 4.78 is 34.6. The van der Waals surface area contributed by atoms with E-state index in [1.807, 2.05) is 0 Å². The van der Waals surface area contributed by atoms with Crippen LogP contribution >= 0.6 is 0 Å². The van der Waals surface area contributed by atoms with Gasteiger partial charge in [-0.3, -0.25) is 4.79 Å². The lowest BCUT2D eigenvalue weighted by Crippen LogP contribution is -2.66. The van der Waals surface area contributed by atoms with Gasteiger partial charge >= 0.3 is 0 Å². The highest BCUT2D eigenvalue weighted by atomic mass is 16.8. The molecule has 654 valence electrons. The van der Waals surface area contributed by atoms with Crippen LogP contribution in [-0.2, 0) is 33.2 Å². The lowest BCUT2D eigenvalue weighted by molar-refractivity contribution is -0.379. The van der Waals surface area contributed by atoms with Crippen molar-refractivity contribution < 1.29 is 89.4 Å². The minimum Gasteiger partial charge on any atom is -0.394 e. The van der Waals surface area contributed by atoms with E-state index < -0.39 is 124 Å². The molecule has 3 heterocycles. The van der Waals surface area contributed by atoms with E-state index in [4.69, 9.17) is 28.4 Å². The molecule has 0 radical (unpaired) electrons. The number of hydrogen-bond donors (Lipinski definition) is 12. The molecule has 1 amide bonds. The van der Waals surface area contributed by atoms with Gasteiger partial charge in [-0.1, -0.05) is 391 Å². The normalized spacial score (nSPS) is 25.1. The summed E-state index contributed by atoms with van der Waals surface area (Å²) >= 11 is 0. The first-order valence-electron chi connectivity index (χ1n) is 46.7. The Hall–Kier alpha value is -1.99. The first-order valence-corrected chi connectivity index (χ1v) is 46.7. The van der Waals surface area contributed by atoms with E-state index in [0.29, 0.717) is 12.8 Å². The van der Waals surface area contributed by atoms with Crippen molar-refractivity contribution in [2.45, 2.75) is 516 Å². The highest BCUT2D eigenvalue weighted by Crippen LogP contribution is 2.34. The van der Waals surface area contributed by atoms with Crippen LogP contribution in [0.15, 0.2) is 36.5 Å². The maximum absolute atomic E-state index is 13.6. The second-order valence-corrected chi connectivity index (χ2v) is 33.5.